The lowest BCUT2D eigenvalue weighted by molar-refractivity contribution is 0.0305. The molecule has 1 heterocycles. The number of ether oxygens (including phenoxy) is 3. The van der Waals surface area contributed by atoms with Gasteiger partial charge in [0.2, 0.25) is 0 Å². The fourth-order valence-corrected chi connectivity index (χ4v) is 1.36. The Morgan fingerprint density at radius 1 is 1.26 bits per heavy atom. The molecular formula is C14H21NO4. The van der Waals surface area contributed by atoms with Crippen LogP contribution < -0.4 is 0 Å². The van der Waals surface area contributed by atoms with Crippen LogP contribution in [-0.4, -0.2) is 37.9 Å². The molecule has 1 aromatic rings. The molecule has 0 saturated carbocycles. The van der Waals surface area contributed by atoms with Crippen molar-refractivity contribution in [1.29, 1.82) is 0 Å². The van der Waals surface area contributed by atoms with Crippen LogP contribution in [0.15, 0.2) is 18.3 Å². The molecule has 5 nitrogen and oxygen atoms in total. The molecule has 0 fully saturated rings. The molecule has 0 aliphatic rings. The van der Waals surface area contributed by atoms with E-state index in [1.807, 2.05) is 0 Å². The van der Waals surface area contributed by atoms with E-state index in [0.29, 0.717) is 31.3 Å². The Labute approximate surface area is 113 Å². The van der Waals surface area contributed by atoms with E-state index < -0.39 is 0 Å². The second kappa shape index (κ2) is 8.61. The number of pyridine rings is 1. The highest BCUT2D eigenvalue weighted by Crippen LogP contribution is 2.03. The molecule has 19 heavy (non-hydrogen) atoms. The van der Waals surface area contributed by atoms with E-state index in [9.17, 15) is 4.79 Å². The zero-order valence-electron chi connectivity index (χ0n) is 11.7. The highest BCUT2D eigenvalue weighted by Gasteiger charge is 2.05. The number of esters is 1. The number of carbonyl (C=O) groups is 1. The van der Waals surface area contributed by atoms with Crippen molar-refractivity contribution in [3.8, 4) is 0 Å². The van der Waals surface area contributed by atoms with E-state index >= 15 is 0 Å². The van der Waals surface area contributed by atoms with Gasteiger partial charge in [0.25, 0.3) is 0 Å². The Morgan fingerprint density at radius 3 is 2.58 bits per heavy atom. The predicted octanol–water partition coefficient (Wildman–Crippen LogP) is 2.06. The van der Waals surface area contributed by atoms with E-state index in [2.05, 4.69) is 23.6 Å². The Bertz CT molecular complexity index is 376. The lowest BCUT2D eigenvalue weighted by Crippen LogP contribution is -2.09. The van der Waals surface area contributed by atoms with Gasteiger partial charge in [-0.05, 0) is 18.1 Å². The SMILES string of the molecule is COC(=O)c1ccc(COCCOCC(C)C)nc1. The summed E-state index contributed by atoms with van der Waals surface area (Å²) >= 11 is 0. The summed E-state index contributed by atoms with van der Waals surface area (Å²) in [5, 5.41) is 0. The number of methoxy groups -OCH3 is 1. The second-order valence-corrected chi connectivity index (χ2v) is 4.55. The normalized spacial score (nSPS) is 10.7. The van der Waals surface area contributed by atoms with Crippen LogP contribution in [0, 0.1) is 5.92 Å². The zero-order chi connectivity index (χ0) is 14.1. The van der Waals surface area contributed by atoms with Crippen LogP contribution in [-0.2, 0) is 20.8 Å². The molecule has 5 heteroatoms. The topological polar surface area (TPSA) is 57.7 Å². The molecule has 0 unspecified atom stereocenters. The van der Waals surface area contributed by atoms with E-state index in [-0.39, 0.29) is 5.97 Å². The van der Waals surface area contributed by atoms with Crippen LogP contribution in [0.4, 0.5) is 0 Å². The molecule has 0 aliphatic carbocycles. The van der Waals surface area contributed by atoms with Crippen LogP contribution in [0.3, 0.4) is 0 Å². The van der Waals surface area contributed by atoms with Gasteiger partial charge in [0.1, 0.15) is 0 Å². The Morgan fingerprint density at radius 2 is 2.00 bits per heavy atom. The van der Waals surface area contributed by atoms with Gasteiger partial charge in [-0.2, -0.15) is 0 Å². The van der Waals surface area contributed by atoms with Crippen LogP contribution in [0.1, 0.15) is 29.9 Å². The van der Waals surface area contributed by atoms with E-state index in [1.165, 1.54) is 13.3 Å². The third-order valence-electron chi connectivity index (χ3n) is 2.32. The Balaban J connectivity index is 2.21. The van der Waals surface area contributed by atoms with Gasteiger partial charge in [-0.3, -0.25) is 4.98 Å². The molecule has 1 aromatic heterocycles. The van der Waals surface area contributed by atoms with E-state index in [4.69, 9.17) is 9.47 Å². The van der Waals surface area contributed by atoms with Crippen LogP contribution in [0.5, 0.6) is 0 Å². The first kappa shape index (κ1) is 15.6. The predicted molar refractivity (Wildman–Crippen MR) is 70.9 cm³/mol. The summed E-state index contributed by atoms with van der Waals surface area (Å²) < 4.78 is 15.4. The molecule has 0 aliphatic heterocycles. The maximum absolute atomic E-state index is 11.2. The van der Waals surface area contributed by atoms with Gasteiger partial charge >= 0.3 is 5.97 Å². The molecule has 0 aromatic carbocycles. The summed E-state index contributed by atoms with van der Waals surface area (Å²) in [7, 11) is 1.34. The van der Waals surface area contributed by atoms with Crippen molar-refractivity contribution in [3.63, 3.8) is 0 Å². The Hall–Kier alpha value is -1.46. The lowest BCUT2D eigenvalue weighted by atomic mass is 10.2. The fraction of sp³-hybridized carbons (Fsp3) is 0.571. The van der Waals surface area contributed by atoms with E-state index in [0.717, 1.165) is 12.3 Å². The summed E-state index contributed by atoms with van der Waals surface area (Å²) in [5.74, 6) is 0.148. The van der Waals surface area contributed by atoms with Crippen molar-refractivity contribution < 1.29 is 19.0 Å². The molecule has 1 rings (SSSR count). The van der Waals surface area contributed by atoms with Crippen molar-refractivity contribution in [3.05, 3.63) is 29.6 Å². The maximum Gasteiger partial charge on any atom is 0.339 e. The summed E-state index contributed by atoms with van der Waals surface area (Å²) in [4.78, 5) is 15.3. The standard InChI is InChI=1S/C14H21NO4/c1-11(2)9-18-6-7-19-10-13-5-4-12(8-15-13)14(16)17-3/h4-5,8,11H,6-7,9-10H2,1-3H3. The first-order chi connectivity index (χ1) is 9.13. The molecule has 0 bridgehead atoms. The number of aromatic nitrogens is 1. The van der Waals surface area contributed by atoms with Crippen molar-refractivity contribution >= 4 is 5.97 Å². The first-order valence-electron chi connectivity index (χ1n) is 6.32. The first-order valence-corrected chi connectivity index (χ1v) is 6.32. The third kappa shape index (κ3) is 6.31. The minimum atomic E-state index is -0.387. The van der Waals surface area contributed by atoms with Crippen molar-refractivity contribution in [2.75, 3.05) is 26.9 Å². The molecule has 0 N–H and O–H groups in total. The van der Waals surface area contributed by atoms with Crippen LogP contribution in [0.2, 0.25) is 0 Å². The van der Waals surface area contributed by atoms with Crippen LogP contribution in [0.25, 0.3) is 0 Å². The van der Waals surface area contributed by atoms with Crippen molar-refractivity contribution in [2.45, 2.75) is 20.5 Å². The van der Waals surface area contributed by atoms with Gasteiger partial charge in [-0.25, -0.2) is 4.79 Å². The van der Waals surface area contributed by atoms with Crippen LogP contribution >= 0.6 is 0 Å². The summed E-state index contributed by atoms with van der Waals surface area (Å²) in [5.41, 5.74) is 1.21. The van der Waals surface area contributed by atoms with Gasteiger partial charge < -0.3 is 14.2 Å². The minimum Gasteiger partial charge on any atom is -0.465 e. The summed E-state index contributed by atoms with van der Waals surface area (Å²) in [6.45, 7) is 6.48. The van der Waals surface area contributed by atoms with Gasteiger partial charge in [0.15, 0.2) is 0 Å². The van der Waals surface area contributed by atoms with Gasteiger partial charge in [-0.15, -0.1) is 0 Å². The monoisotopic (exact) mass is 267 g/mol. The van der Waals surface area contributed by atoms with Gasteiger partial charge in [0.05, 0.1) is 38.2 Å². The summed E-state index contributed by atoms with van der Waals surface area (Å²) in [6, 6.07) is 3.42. The molecule has 0 saturated heterocycles. The zero-order valence-corrected chi connectivity index (χ0v) is 11.7. The highest BCUT2D eigenvalue weighted by molar-refractivity contribution is 5.88. The largest absolute Gasteiger partial charge is 0.465 e. The van der Waals surface area contributed by atoms with Crippen molar-refractivity contribution in [2.24, 2.45) is 5.92 Å². The molecule has 0 radical (unpaired) electrons. The average Bonchev–Trinajstić information content (AvgIpc) is 2.42. The lowest BCUT2D eigenvalue weighted by Gasteiger charge is -2.07. The molecular weight excluding hydrogens is 246 g/mol. The quantitative estimate of drug-likeness (QED) is 0.533. The summed E-state index contributed by atoms with van der Waals surface area (Å²) in [6.07, 6.45) is 1.49. The number of nitrogens with zero attached hydrogens (tertiary/aromatic N) is 1. The third-order valence-corrected chi connectivity index (χ3v) is 2.32. The molecule has 0 atom stereocenters. The number of carbonyl (C=O) groups excluding carboxylic acids is 1. The van der Waals surface area contributed by atoms with Gasteiger partial charge in [-0.1, -0.05) is 13.8 Å². The Kier molecular flexibility index (Phi) is 7.07. The van der Waals surface area contributed by atoms with Gasteiger partial charge in [0, 0.05) is 12.8 Å². The van der Waals surface area contributed by atoms with Crippen molar-refractivity contribution in [1.82, 2.24) is 4.98 Å². The number of hydrogen-bond donors (Lipinski definition) is 0. The minimum absolute atomic E-state index is 0.387. The molecule has 106 valence electrons. The molecule has 0 spiro atoms. The number of rotatable bonds is 8. The highest BCUT2D eigenvalue weighted by atomic mass is 16.5. The number of hydrogen-bond acceptors (Lipinski definition) is 5. The second-order valence-electron chi connectivity index (χ2n) is 4.55. The maximum atomic E-state index is 11.2. The van der Waals surface area contributed by atoms with E-state index in [1.54, 1.807) is 12.1 Å². The molecule has 0 amide bonds. The average molecular weight is 267 g/mol. The smallest absolute Gasteiger partial charge is 0.339 e. The fourth-order valence-electron chi connectivity index (χ4n) is 1.36.